The molecular formula is C14H28N2O2. The third-order valence-corrected chi connectivity index (χ3v) is 4.12. The average Bonchev–Trinajstić information content (AvgIpc) is 2.52. The van der Waals surface area contributed by atoms with Crippen molar-refractivity contribution in [1.29, 1.82) is 0 Å². The zero-order chi connectivity index (χ0) is 14.1. The first-order valence-corrected chi connectivity index (χ1v) is 6.80. The van der Waals surface area contributed by atoms with Crippen molar-refractivity contribution in [2.75, 3.05) is 20.1 Å². The van der Waals surface area contributed by atoms with Crippen molar-refractivity contribution >= 4 is 5.91 Å². The summed E-state index contributed by atoms with van der Waals surface area (Å²) >= 11 is 0. The van der Waals surface area contributed by atoms with Crippen LogP contribution in [0.1, 0.15) is 34.6 Å². The van der Waals surface area contributed by atoms with Crippen LogP contribution in [0.2, 0.25) is 0 Å². The quantitative estimate of drug-likeness (QED) is 0.829. The lowest BCUT2D eigenvalue weighted by atomic mass is 9.87. The molecule has 0 saturated carbocycles. The Morgan fingerprint density at radius 1 is 1.28 bits per heavy atom. The van der Waals surface area contributed by atoms with Crippen LogP contribution in [-0.2, 0) is 9.53 Å². The summed E-state index contributed by atoms with van der Waals surface area (Å²) in [6.45, 7) is 11.6. The van der Waals surface area contributed by atoms with E-state index in [1.807, 2.05) is 25.8 Å². The zero-order valence-corrected chi connectivity index (χ0v) is 12.6. The van der Waals surface area contributed by atoms with Crippen molar-refractivity contribution in [1.82, 2.24) is 4.90 Å². The van der Waals surface area contributed by atoms with Gasteiger partial charge in [0.25, 0.3) is 0 Å². The van der Waals surface area contributed by atoms with Crippen molar-refractivity contribution in [3.05, 3.63) is 0 Å². The second-order valence-corrected chi connectivity index (χ2v) is 6.49. The van der Waals surface area contributed by atoms with Gasteiger partial charge in [-0.05, 0) is 31.7 Å². The molecule has 0 aromatic carbocycles. The van der Waals surface area contributed by atoms with Crippen LogP contribution in [0.3, 0.4) is 0 Å². The molecule has 4 atom stereocenters. The molecule has 1 heterocycles. The smallest absolute Gasteiger partial charge is 0.228 e. The molecule has 4 heteroatoms. The minimum Gasteiger partial charge on any atom is -0.374 e. The van der Waals surface area contributed by atoms with Crippen molar-refractivity contribution in [3.8, 4) is 0 Å². The third kappa shape index (κ3) is 3.23. The van der Waals surface area contributed by atoms with Gasteiger partial charge in [0.2, 0.25) is 5.91 Å². The van der Waals surface area contributed by atoms with Crippen LogP contribution in [-0.4, -0.2) is 43.2 Å². The van der Waals surface area contributed by atoms with Crippen LogP contribution in [0.4, 0.5) is 0 Å². The summed E-state index contributed by atoms with van der Waals surface area (Å²) in [5.74, 6) is 0.426. The van der Waals surface area contributed by atoms with Crippen LogP contribution < -0.4 is 5.73 Å². The number of rotatable bonds is 4. The van der Waals surface area contributed by atoms with Gasteiger partial charge in [-0.1, -0.05) is 20.8 Å². The number of carbonyl (C=O) groups excluding carboxylic acids is 1. The van der Waals surface area contributed by atoms with Crippen molar-refractivity contribution in [2.24, 2.45) is 23.0 Å². The Hall–Kier alpha value is -0.610. The lowest BCUT2D eigenvalue weighted by molar-refractivity contribution is -0.137. The first kappa shape index (κ1) is 15.4. The minimum absolute atomic E-state index is 0.00550. The third-order valence-electron chi connectivity index (χ3n) is 4.12. The number of hydrogen-bond acceptors (Lipinski definition) is 3. The molecule has 1 saturated heterocycles. The van der Waals surface area contributed by atoms with Gasteiger partial charge < -0.3 is 15.4 Å². The first-order chi connectivity index (χ1) is 8.19. The summed E-state index contributed by atoms with van der Waals surface area (Å²) in [7, 11) is 1.86. The first-order valence-electron chi connectivity index (χ1n) is 6.80. The average molecular weight is 256 g/mol. The van der Waals surface area contributed by atoms with Gasteiger partial charge in [-0.2, -0.15) is 0 Å². The van der Waals surface area contributed by atoms with E-state index in [0.717, 1.165) is 0 Å². The number of amides is 1. The molecule has 0 aromatic heterocycles. The molecule has 2 N–H and O–H groups in total. The summed E-state index contributed by atoms with van der Waals surface area (Å²) in [5.41, 5.74) is 5.68. The molecule has 106 valence electrons. The summed E-state index contributed by atoms with van der Waals surface area (Å²) in [5, 5.41) is 0. The number of nitrogens with zero attached hydrogens (tertiary/aromatic N) is 1. The normalized spacial score (nSPS) is 32.6. The Balaban J connectivity index is 2.70. The van der Waals surface area contributed by atoms with Crippen molar-refractivity contribution < 1.29 is 9.53 Å². The van der Waals surface area contributed by atoms with E-state index in [1.165, 1.54) is 0 Å². The van der Waals surface area contributed by atoms with Gasteiger partial charge in [0.15, 0.2) is 0 Å². The molecule has 0 spiro atoms. The van der Waals surface area contributed by atoms with E-state index < -0.39 is 0 Å². The summed E-state index contributed by atoms with van der Waals surface area (Å²) in [4.78, 5) is 14.3. The lowest BCUT2D eigenvalue weighted by Gasteiger charge is -2.32. The molecule has 1 fully saturated rings. The van der Waals surface area contributed by atoms with E-state index >= 15 is 0 Å². The highest BCUT2D eigenvalue weighted by Gasteiger charge is 2.43. The van der Waals surface area contributed by atoms with Crippen LogP contribution in [0, 0.1) is 17.3 Å². The van der Waals surface area contributed by atoms with E-state index in [0.29, 0.717) is 13.1 Å². The molecule has 4 unspecified atom stereocenters. The Bertz CT molecular complexity index is 304. The van der Waals surface area contributed by atoms with Crippen molar-refractivity contribution in [3.63, 3.8) is 0 Å². The fraction of sp³-hybridized carbons (Fsp3) is 0.929. The predicted molar refractivity (Wildman–Crippen MR) is 73.1 cm³/mol. The van der Waals surface area contributed by atoms with Crippen LogP contribution in [0.15, 0.2) is 0 Å². The number of ether oxygens (including phenoxy) is 1. The van der Waals surface area contributed by atoms with Gasteiger partial charge in [-0.15, -0.1) is 0 Å². The fourth-order valence-corrected chi connectivity index (χ4v) is 2.73. The maximum absolute atomic E-state index is 12.5. The van der Waals surface area contributed by atoms with Crippen LogP contribution >= 0.6 is 0 Å². The summed E-state index contributed by atoms with van der Waals surface area (Å²) in [6, 6.07) is 0. The van der Waals surface area contributed by atoms with Gasteiger partial charge >= 0.3 is 0 Å². The van der Waals surface area contributed by atoms with E-state index in [-0.39, 0.29) is 35.4 Å². The summed E-state index contributed by atoms with van der Waals surface area (Å²) < 4.78 is 5.74. The molecule has 0 aromatic rings. The van der Waals surface area contributed by atoms with Crippen LogP contribution in [0.5, 0.6) is 0 Å². The molecule has 1 aliphatic rings. The molecule has 18 heavy (non-hydrogen) atoms. The monoisotopic (exact) mass is 256 g/mol. The molecule has 1 aliphatic heterocycles. The van der Waals surface area contributed by atoms with Gasteiger partial charge in [0.1, 0.15) is 0 Å². The maximum Gasteiger partial charge on any atom is 0.228 e. The van der Waals surface area contributed by atoms with Gasteiger partial charge in [-0.25, -0.2) is 0 Å². The number of nitrogens with two attached hydrogens (primary N) is 1. The molecular weight excluding hydrogens is 228 g/mol. The lowest BCUT2D eigenvalue weighted by Crippen LogP contribution is -2.44. The Labute approximate surface area is 111 Å². The highest BCUT2D eigenvalue weighted by molar-refractivity contribution is 5.79. The second-order valence-electron chi connectivity index (χ2n) is 6.49. The largest absolute Gasteiger partial charge is 0.374 e. The van der Waals surface area contributed by atoms with E-state index in [2.05, 4.69) is 20.8 Å². The fourth-order valence-electron chi connectivity index (χ4n) is 2.73. The highest BCUT2D eigenvalue weighted by atomic mass is 16.5. The summed E-state index contributed by atoms with van der Waals surface area (Å²) in [6.07, 6.45) is 0.163. The van der Waals surface area contributed by atoms with Crippen molar-refractivity contribution in [2.45, 2.75) is 46.8 Å². The Kier molecular flexibility index (Phi) is 4.78. The number of hydrogen-bond donors (Lipinski definition) is 1. The topological polar surface area (TPSA) is 55.6 Å². The van der Waals surface area contributed by atoms with Crippen LogP contribution in [0.25, 0.3) is 0 Å². The predicted octanol–water partition coefficient (Wildman–Crippen LogP) is 1.49. The van der Waals surface area contributed by atoms with Gasteiger partial charge in [-0.3, -0.25) is 4.79 Å². The Morgan fingerprint density at radius 3 is 2.22 bits per heavy atom. The molecule has 1 rings (SSSR count). The Morgan fingerprint density at radius 2 is 1.83 bits per heavy atom. The van der Waals surface area contributed by atoms with E-state index in [1.54, 1.807) is 0 Å². The highest BCUT2D eigenvalue weighted by Crippen LogP contribution is 2.33. The number of carbonyl (C=O) groups is 1. The standard InChI is InChI=1S/C14H28N2O2/c1-9-10(2)18-11(3)12(9)13(17)16(6)8-14(4,5)7-15/h9-12H,7-8,15H2,1-6H3. The maximum atomic E-state index is 12.5. The SMILES string of the molecule is CC1OC(C)C(C(=O)N(C)CC(C)(C)CN)C1C. The molecule has 0 bridgehead atoms. The van der Waals surface area contributed by atoms with E-state index in [9.17, 15) is 4.79 Å². The molecule has 4 nitrogen and oxygen atoms in total. The van der Waals surface area contributed by atoms with Gasteiger partial charge in [0, 0.05) is 13.6 Å². The molecule has 1 amide bonds. The van der Waals surface area contributed by atoms with Gasteiger partial charge in [0.05, 0.1) is 18.1 Å². The zero-order valence-electron chi connectivity index (χ0n) is 12.6. The minimum atomic E-state index is -0.0397. The second kappa shape index (κ2) is 5.57. The van der Waals surface area contributed by atoms with E-state index in [4.69, 9.17) is 10.5 Å². The molecule has 0 radical (unpaired) electrons. The molecule has 0 aliphatic carbocycles.